The summed E-state index contributed by atoms with van der Waals surface area (Å²) in [5.74, 6) is 0.919. The van der Waals surface area contributed by atoms with Crippen molar-refractivity contribution in [3.05, 3.63) is 35.2 Å². The largest absolute Gasteiger partial charge is 0.467 e. The molecule has 0 radical (unpaired) electrons. The first-order chi connectivity index (χ1) is 7.83. The van der Waals surface area contributed by atoms with Gasteiger partial charge in [0.15, 0.2) is 5.13 Å². The Morgan fingerprint density at radius 1 is 1.56 bits per heavy atom. The van der Waals surface area contributed by atoms with Crippen molar-refractivity contribution in [1.29, 1.82) is 0 Å². The Morgan fingerprint density at radius 2 is 2.44 bits per heavy atom. The highest BCUT2D eigenvalue weighted by Crippen LogP contribution is 2.23. The van der Waals surface area contributed by atoms with Crippen LogP contribution in [0.4, 0.5) is 5.13 Å². The molecule has 0 aromatic carbocycles. The predicted molar refractivity (Wildman–Crippen MR) is 63.5 cm³/mol. The molecule has 1 N–H and O–H groups in total. The molecular formula is C11H14N2O2S. The molecular weight excluding hydrogens is 224 g/mol. The van der Waals surface area contributed by atoms with E-state index in [1.165, 1.54) is 11.3 Å². The quantitative estimate of drug-likeness (QED) is 0.868. The molecule has 0 spiro atoms. The summed E-state index contributed by atoms with van der Waals surface area (Å²) in [5.41, 5.74) is 0. The maximum atomic E-state index is 9.00. The van der Waals surface area contributed by atoms with E-state index in [9.17, 15) is 0 Å². The first-order valence-corrected chi connectivity index (χ1v) is 5.98. The van der Waals surface area contributed by atoms with Crippen molar-refractivity contribution in [1.82, 2.24) is 4.98 Å². The van der Waals surface area contributed by atoms with Gasteiger partial charge in [0.1, 0.15) is 5.76 Å². The number of thiazole rings is 1. The molecule has 0 amide bonds. The Morgan fingerprint density at radius 3 is 3.00 bits per heavy atom. The van der Waals surface area contributed by atoms with E-state index in [4.69, 9.17) is 9.52 Å². The van der Waals surface area contributed by atoms with Gasteiger partial charge in [-0.2, -0.15) is 0 Å². The highest BCUT2D eigenvalue weighted by molar-refractivity contribution is 7.15. The minimum atomic E-state index is 0.0516. The van der Waals surface area contributed by atoms with E-state index < -0.39 is 0 Å². The molecule has 5 heteroatoms. The standard InChI is InChI=1S/C11H14N2O2S/c1-2-13(7-9-4-3-5-15-9)11-12-6-10(8-14)16-11/h3-6,14H,2,7-8H2,1H3. The van der Waals surface area contributed by atoms with Gasteiger partial charge in [0.05, 0.1) is 24.3 Å². The Kier molecular flexibility index (Phi) is 3.58. The van der Waals surface area contributed by atoms with Crippen LogP contribution in [0, 0.1) is 0 Å². The number of nitrogens with zero attached hydrogens (tertiary/aromatic N) is 2. The summed E-state index contributed by atoms with van der Waals surface area (Å²) in [6.07, 6.45) is 3.38. The SMILES string of the molecule is CCN(Cc1ccco1)c1ncc(CO)s1. The molecule has 0 aliphatic heterocycles. The third-order valence-electron chi connectivity index (χ3n) is 2.28. The average Bonchev–Trinajstić information content (AvgIpc) is 2.96. The van der Waals surface area contributed by atoms with Crippen LogP contribution in [0.5, 0.6) is 0 Å². The van der Waals surface area contributed by atoms with Gasteiger partial charge in [-0.15, -0.1) is 0 Å². The minimum absolute atomic E-state index is 0.0516. The minimum Gasteiger partial charge on any atom is -0.467 e. The van der Waals surface area contributed by atoms with Crippen LogP contribution < -0.4 is 4.90 Å². The van der Waals surface area contributed by atoms with E-state index in [0.717, 1.165) is 22.3 Å². The molecule has 0 fully saturated rings. The molecule has 2 aromatic rings. The molecule has 0 atom stereocenters. The first kappa shape index (κ1) is 11.2. The van der Waals surface area contributed by atoms with Crippen molar-refractivity contribution in [3.8, 4) is 0 Å². The van der Waals surface area contributed by atoms with E-state index in [1.807, 2.05) is 12.1 Å². The fourth-order valence-electron chi connectivity index (χ4n) is 1.42. The Labute approximate surface area is 98.2 Å². The summed E-state index contributed by atoms with van der Waals surface area (Å²) in [4.78, 5) is 7.28. The van der Waals surface area contributed by atoms with E-state index in [0.29, 0.717) is 6.54 Å². The van der Waals surface area contributed by atoms with Crippen molar-refractivity contribution in [2.75, 3.05) is 11.4 Å². The molecule has 16 heavy (non-hydrogen) atoms. The lowest BCUT2D eigenvalue weighted by molar-refractivity contribution is 0.285. The maximum absolute atomic E-state index is 9.00. The molecule has 0 saturated carbocycles. The second-order valence-electron chi connectivity index (χ2n) is 3.36. The van der Waals surface area contributed by atoms with Crippen molar-refractivity contribution in [2.45, 2.75) is 20.1 Å². The van der Waals surface area contributed by atoms with Crippen LogP contribution in [0.25, 0.3) is 0 Å². The van der Waals surface area contributed by atoms with Gasteiger partial charge in [0, 0.05) is 12.7 Å². The number of aliphatic hydroxyl groups is 1. The lowest BCUT2D eigenvalue weighted by Gasteiger charge is -2.17. The van der Waals surface area contributed by atoms with Gasteiger partial charge in [0.2, 0.25) is 0 Å². The maximum Gasteiger partial charge on any atom is 0.185 e. The lowest BCUT2D eigenvalue weighted by atomic mass is 10.4. The summed E-state index contributed by atoms with van der Waals surface area (Å²) in [7, 11) is 0. The van der Waals surface area contributed by atoms with Gasteiger partial charge >= 0.3 is 0 Å². The highest BCUT2D eigenvalue weighted by Gasteiger charge is 2.11. The normalized spacial score (nSPS) is 10.6. The van der Waals surface area contributed by atoms with Crippen LogP contribution in [-0.2, 0) is 13.2 Å². The van der Waals surface area contributed by atoms with Gasteiger partial charge < -0.3 is 14.4 Å². The summed E-state index contributed by atoms with van der Waals surface area (Å²) >= 11 is 1.51. The number of hydrogen-bond donors (Lipinski definition) is 1. The topological polar surface area (TPSA) is 49.5 Å². The summed E-state index contributed by atoms with van der Waals surface area (Å²) in [5, 5.41) is 9.91. The molecule has 0 aliphatic carbocycles. The molecule has 2 rings (SSSR count). The second-order valence-corrected chi connectivity index (χ2v) is 4.45. The van der Waals surface area contributed by atoms with E-state index in [1.54, 1.807) is 12.5 Å². The third-order valence-corrected chi connectivity index (χ3v) is 3.32. The highest BCUT2D eigenvalue weighted by atomic mass is 32.1. The molecule has 86 valence electrons. The smallest absolute Gasteiger partial charge is 0.185 e. The number of hydrogen-bond acceptors (Lipinski definition) is 5. The molecule has 0 bridgehead atoms. The lowest BCUT2D eigenvalue weighted by Crippen LogP contribution is -2.21. The summed E-state index contributed by atoms with van der Waals surface area (Å²) in [6, 6.07) is 3.83. The molecule has 0 aliphatic rings. The van der Waals surface area contributed by atoms with Gasteiger partial charge in [-0.1, -0.05) is 11.3 Å². The number of rotatable bonds is 5. The van der Waals surface area contributed by atoms with Crippen LogP contribution in [0.3, 0.4) is 0 Å². The van der Waals surface area contributed by atoms with E-state index in [-0.39, 0.29) is 6.61 Å². The number of aliphatic hydroxyl groups excluding tert-OH is 1. The van der Waals surface area contributed by atoms with Crippen molar-refractivity contribution in [2.24, 2.45) is 0 Å². The molecule has 2 heterocycles. The number of anilines is 1. The first-order valence-electron chi connectivity index (χ1n) is 5.16. The van der Waals surface area contributed by atoms with Gasteiger partial charge in [-0.25, -0.2) is 4.98 Å². The fourth-order valence-corrected chi connectivity index (χ4v) is 2.25. The van der Waals surface area contributed by atoms with Crippen LogP contribution >= 0.6 is 11.3 Å². The molecule has 0 unspecified atom stereocenters. The zero-order valence-corrected chi connectivity index (χ0v) is 9.91. The zero-order chi connectivity index (χ0) is 11.4. The van der Waals surface area contributed by atoms with Crippen molar-refractivity contribution >= 4 is 16.5 Å². The van der Waals surface area contributed by atoms with Gasteiger partial charge in [0.25, 0.3) is 0 Å². The van der Waals surface area contributed by atoms with E-state index >= 15 is 0 Å². The fraction of sp³-hybridized carbons (Fsp3) is 0.364. The predicted octanol–water partition coefficient (Wildman–Crippen LogP) is 2.25. The van der Waals surface area contributed by atoms with Crippen LogP contribution in [-0.4, -0.2) is 16.6 Å². The zero-order valence-electron chi connectivity index (χ0n) is 9.09. The van der Waals surface area contributed by atoms with Gasteiger partial charge in [-0.05, 0) is 19.1 Å². The Hall–Kier alpha value is -1.33. The molecule has 2 aromatic heterocycles. The molecule has 0 saturated heterocycles. The van der Waals surface area contributed by atoms with E-state index in [2.05, 4.69) is 16.8 Å². The number of aromatic nitrogens is 1. The Balaban J connectivity index is 2.10. The van der Waals surface area contributed by atoms with Gasteiger partial charge in [-0.3, -0.25) is 0 Å². The second kappa shape index (κ2) is 5.14. The van der Waals surface area contributed by atoms with Crippen LogP contribution in [0.15, 0.2) is 29.0 Å². The summed E-state index contributed by atoms with van der Waals surface area (Å²) in [6.45, 7) is 3.69. The Bertz CT molecular complexity index is 425. The van der Waals surface area contributed by atoms with Crippen LogP contribution in [0.2, 0.25) is 0 Å². The molecule has 4 nitrogen and oxygen atoms in total. The number of furan rings is 1. The third kappa shape index (κ3) is 2.43. The van der Waals surface area contributed by atoms with Crippen molar-refractivity contribution < 1.29 is 9.52 Å². The van der Waals surface area contributed by atoms with Crippen LogP contribution in [0.1, 0.15) is 17.6 Å². The summed E-state index contributed by atoms with van der Waals surface area (Å²) < 4.78 is 5.31. The average molecular weight is 238 g/mol. The monoisotopic (exact) mass is 238 g/mol. The van der Waals surface area contributed by atoms with Crippen molar-refractivity contribution in [3.63, 3.8) is 0 Å².